The van der Waals surface area contributed by atoms with Gasteiger partial charge in [0.2, 0.25) is 0 Å². The second kappa shape index (κ2) is 4.14. The second-order valence-electron chi connectivity index (χ2n) is 1.28. The van der Waals surface area contributed by atoms with Crippen LogP contribution >= 0.6 is 35.7 Å². The van der Waals surface area contributed by atoms with Crippen LogP contribution in [0.3, 0.4) is 0 Å². The van der Waals surface area contributed by atoms with Gasteiger partial charge in [0.1, 0.15) is 5.51 Å². The number of thioether (sulfide) groups is 1. The predicted molar refractivity (Wildman–Crippen MR) is 44.5 cm³/mol. The van der Waals surface area contributed by atoms with E-state index in [1.165, 1.54) is 0 Å². The van der Waals surface area contributed by atoms with Gasteiger partial charge in [-0.05, 0) is 5.75 Å². The minimum Gasteiger partial charge on any atom is -0.178 e. The molecule has 0 amide bonds. The Hall–Kier alpha value is 0.260. The Morgan fingerprint density at radius 2 is 2.67 bits per heavy atom. The third-order valence-electron chi connectivity index (χ3n) is 0.657. The van der Waals surface area contributed by atoms with E-state index in [-0.39, 0.29) is 0 Å². The first-order valence-electron chi connectivity index (χ1n) is 2.43. The summed E-state index contributed by atoms with van der Waals surface area (Å²) < 4.78 is 1.03. The largest absolute Gasteiger partial charge is 0.178 e. The molecule has 0 aliphatic carbocycles. The normalized spacial score (nSPS) is 9.89. The first-order valence-corrected chi connectivity index (χ1v) is 4.93. The summed E-state index contributed by atoms with van der Waals surface area (Å²) in [5.74, 6) is 1.91. The Labute approximate surface area is 67.5 Å². The summed E-state index contributed by atoms with van der Waals surface area (Å²) in [4.78, 5) is 0. The SMILES string of the molecule is SCCSc1nncs1. The molecule has 2 nitrogen and oxygen atoms in total. The van der Waals surface area contributed by atoms with E-state index < -0.39 is 0 Å². The molecule has 0 saturated heterocycles. The highest BCUT2D eigenvalue weighted by Crippen LogP contribution is 2.18. The first kappa shape index (κ1) is 7.37. The Morgan fingerprint density at radius 3 is 3.22 bits per heavy atom. The van der Waals surface area contributed by atoms with Crippen molar-refractivity contribution in [1.82, 2.24) is 10.2 Å². The molecule has 5 heteroatoms. The zero-order valence-electron chi connectivity index (χ0n) is 4.65. The smallest absolute Gasteiger partial charge is 0.174 e. The van der Waals surface area contributed by atoms with Crippen molar-refractivity contribution in [3.63, 3.8) is 0 Å². The van der Waals surface area contributed by atoms with E-state index in [0.717, 1.165) is 15.8 Å². The zero-order chi connectivity index (χ0) is 6.53. The topological polar surface area (TPSA) is 25.8 Å². The number of hydrogen-bond acceptors (Lipinski definition) is 5. The van der Waals surface area contributed by atoms with Crippen molar-refractivity contribution in [3.8, 4) is 0 Å². The van der Waals surface area contributed by atoms with Crippen LogP contribution in [0, 0.1) is 0 Å². The van der Waals surface area contributed by atoms with Crippen LogP contribution in [0.1, 0.15) is 0 Å². The van der Waals surface area contributed by atoms with Crippen molar-refractivity contribution in [1.29, 1.82) is 0 Å². The summed E-state index contributed by atoms with van der Waals surface area (Å²) in [6.07, 6.45) is 0. The molecule has 0 spiro atoms. The van der Waals surface area contributed by atoms with Gasteiger partial charge in [-0.2, -0.15) is 12.6 Å². The van der Waals surface area contributed by atoms with E-state index in [1.54, 1.807) is 28.6 Å². The highest BCUT2D eigenvalue weighted by Gasteiger charge is 1.93. The summed E-state index contributed by atoms with van der Waals surface area (Å²) in [7, 11) is 0. The summed E-state index contributed by atoms with van der Waals surface area (Å²) in [6, 6.07) is 0. The van der Waals surface area contributed by atoms with Crippen LogP contribution in [0.4, 0.5) is 0 Å². The fourth-order valence-corrected chi connectivity index (χ4v) is 1.93. The molecule has 1 heterocycles. The average Bonchev–Trinajstić information content (AvgIpc) is 2.34. The zero-order valence-corrected chi connectivity index (χ0v) is 7.18. The number of aromatic nitrogens is 2. The maximum absolute atomic E-state index is 4.07. The summed E-state index contributed by atoms with van der Waals surface area (Å²) in [5, 5.41) is 7.55. The van der Waals surface area contributed by atoms with Crippen LogP contribution in [0.5, 0.6) is 0 Å². The van der Waals surface area contributed by atoms with Gasteiger partial charge >= 0.3 is 0 Å². The molecule has 0 unspecified atom stereocenters. The van der Waals surface area contributed by atoms with Gasteiger partial charge in [-0.15, -0.1) is 10.2 Å². The van der Waals surface area contributed by atoms with Crippen LogP contribution in [0.15, 0.2) is 9.85 Å². The molecule has 0 saturated carbocycles. The summed E-state index contributed by atoms with van der Waals surface area (Å²) in [5.41, 5.74) is 1.74. The number of thiol groups is 1. The Bertz CT molecular complexity index is 151. The first-order chi connectivity index (χ1) is 4.43. The fraction of sp³-hybridized carbons (Fsp3) is 0.500. The van der Waals surface area contributed by atoms with Gasteiger partial charge in [-0.3, -0.25) is 0 Å². The Balaban J connectivity index is 2.30. The van der Waals surface area contributed by atoms with Gasteiger partial charge in [0.25, 0.3) is 0 Å². The van der Waals surface area contributed by atoms with E-state index in [0.29, 0.717) is 0 Å². The monoisotopic (exact) mass is 178 g/mol. The molecule has 0 radical (unpaired) electrons. The van der Waals surface area contributed by atoms with E-state index >= 15 is 0 Å². The molecule has 0 N–H and O–H groups in total. The van der Waals surface area contributed by atoms with Crippen molar-refractivity contribution < 1.29 is 0 Å². The lowest BCUT2D eigenvalue weighted by atomic mass is 11.0. The van der Waals surface area contributed by atoms with Gasteiger partial charge in [0, 0.05) is 5.75 Å². The minimum atomic E-state index is 0.893. The second-order valence-corrected chi connectivity index (χ2v) is 3.90. The Kier molecular flexibility index (Phi) is 3.39. The van der Waals surface area contributed by atoms with Crippen LogP contribution in [0.25, 0.3) is 0 Å². The standard InChI is InChI=1S/C4H6N2S3/c7-1-2-8-4-6-5-3-9-4/h3,7H,1-2H2. The van der Waals surface area contributed by atoms with Crippen LogP contribution < -0.4 is 0 Å². The summed E-state index contributed by atoms with van der Waals surface area (Å²) in [6.45, 7) is 0. The van der Waals surface area contributed by atoms with Gasteiger partial charge in [-0.25, -0.2) is 0 Å². The van der Waals surface area contributed by atoms with E-state index in [9.17, 15) is 0 Å². The molecule has 9 heavy (non-hydrogen) atoms. The molecule has 1 aromatic heterocycles. The quantitative estimate of drug-likeness (QED) is 0.562. The molecule has 0 aliphatic rings. The van der Waals surface area contributed by atoms with E-state index in [2.05, 4.69) is 22.8 Å². The molecule has 0 aliphatic heterocycles. The number of hydrogen-bond donors (Lipinski definition) is 1. The third kappa shape index (κ3) is 2.55. The molecular formula is C4H6N2S3. The van der Waals surface area contributed by atoms with Crippen LogP contribution in [-0.4, -0.2) is 21.7 Å². The maximum atomic E-state index is 4.07. The van der Waals surface area contributed by atoms with Gasteiger partial charge in [0.05, 0.1) is 0 Å². The van der Waals surface area contributed by atoms with Crippen molar-refractivity contribution in [2.75, 3.05) is 11.5 Å². The lowest BCUT2D eigenvalue weighted by Gasteiger charge is -1.87. The molecule has 0 atom stereocenters. The average molecular weight is 178 g/mol. The van der Waals surface area contributed by atoms with E-state index in [4.69, 9.17) is 0 Å². The van der Waals surface area contributed by atoms with Crippen molar-refractivity contribution >= 4 is 35.7 Å². The predicted octanol–water partition coefficient (Wildman–Crippen LogP) is 1.56. The van der Waals surface area contributed by atoms with Gasteiger partial charge < -0.3 is 0 Å². The third-order valence-corrected chi connectivity index (χ3v) is 3.05. The minimum absolute atomic E-state index is 0.893. The van der Waals surface area contributed by atoms with Crippen molar-refractivity contribution in [2.45, 2.75) is 4.34 Å². The lowest BCUT2D eigenvalue weighted by Crippen LogP contribution is -1.77. The van der Waals surface area contributed by atoms with Crippen LogP contribution in [-0.2, 0) is 0 Å². The lowest BCUT2D eigenvalue weighted by molar-refractivity contribution is 1.01. The molecule has 0 fully saturated rings. The Morgan fingerprint density at radius 1 is 1.78 bits per heavy atom. The molecule has 1 rings (SSSR count). The molecule has 50 valence electrons. The number of rotatable bonds is 3. The summed E-state index contributed by atoms with van der Waals surface area (Å²) >= 11 is 7.33. The highest BCUT2D eigenvalue weighted by molar-refractivity contribution is 8.01. The molecule has 0 aromatic carbocycles. The highest BCUT2D eigenvalue weighted by atomic mass is 32.2. The maximum Gasteiger partial charge on any atom is 0.174 e. The van der Waals surface area contributed by atoms with Crippen molar-refractivity contribution in [2.24, 2.45) is 0 Å². The van der Waals surface area contributed by atoms with Crippen LogP contribution in [0.2, 0.25) is 0 Å². The van der Waals surface area contributed by atoms with Crippen molar-refractivity contribution in [3.05, 3.63) is 5.51 Å². The molecule has 0 bridgehead atoms. The van der Waals surface area contributed by atoms with E-state index in [1.807, 2.05) is 0 Å². The molecular weight excluding hydrogens is 172 g/mol. The number of nitrogens with zero attached hydrogens (tertiary/aromatic N) is 2. The van der Waals surface area contributed by atoms with Gasteiger partial charge in [-0.1, -0.05) is 23.1 Å². The van der Waals surface area contributed by atoms with Gasteiger partial charge in [0.15, 0.2) is 4.34 Å². The fourth-order valence-electron chi connectivity index (χ4n) is 0.359. The molecule has 1 aromatic rings.